The highest BCUT2D eigenvalue weighted by Gasteiger charge is 2.44. The van der Waals surface area contributed by atoms with Crippen molar-refractivity contribution < 1.29 is 18.3 Å². The van der Waals surface area contributed by atoms with Gasteiger partial charge in [0.15, 0.2) is 11.4 Å². The van der Waals surface area contributed by atoms with Gasteiger partial charge >= 0.3 is 0 Å². The molecule has 0 bridgehead atoms. The van der Waals surface area contributed by atoms with E-state index in [-0.39, 0.29) is 23.8 Å². The fraction of sp³-hybridized carbons (Fsp3) is 0.0800. The maximum Gasteiger partial charge on any atom is 0.171 e. The molecule has 0 saturated carbocycles. The third kappa shape index (κ3) is 2.80. The lowest BCUT2D eigenvalue weighted by molar-refractivity contribution is 0.0626. The lowest BCUT2D eigenvalue weighted by Crippen LogP contribution is -2.40. The van der Waals surface area contributed by atoms with Gasteiger partial charge in [-0.2, -0.15) is 0 Å². The standard InChI is InChI=1S/C25H16F2O2/c26-19-10-6-17(7-11-19)25(18-8-12-20(27)13-9-18)15-23(28)22-14-5-16-3-1-2-4-21(16)24(22)29-25/h1-14H,15H2. The molecule has 4 aromatic carbocycles. The third-order valence-electron chi connectivity index (χ3n) is 5.49. The Bertz CT molecular complexity index is 1180. The van der Waals surface area contributed by atoms with E-state index in [2.05, 4.69) is 0 Å². The van der Waals surface area contributed by atoms with Gasteiger partial charge in [-0.3, -0.25) is 4.79 Å². The molecule has 5 rings (SSSR count). The van der Waals surface area contributed by atoms with Crippen LogP contribution < -0.4 is 4.74 Å². The predicted octanol–water partition coefficient (Wildman–Crippen LogP) is 6.03. The van der Waals surface area contributed by atoms with Crippen molar-refractivity contribution in [2.75, 3.05) is 0 Å². The molecule has 1 aliphatic rings. The van der Waals surface area contributed by atoms with E-state index in [1.54, 1.807) is 30.3 Å². The number of benzene rings is 4. The summed E-state index contributed by atoms with van der Waals surface area (Å²) in [4.78, 5) is 13.2. The Hall–Kier alpha value is -3.53. The summed E-state index contributed by atoms with van der Waals surface area (Å²) in [6.45, 7) is 0. The van der Waals surface area contributed by atoms with Crippen LogP contribution in [-0.4, -0.2) is 5.78 Å². The van der Waals surface area contributed by atoms with Crippen LogP contribution in [0, 0.1) is 11.6 Å². The molecule has 4 aromatic rings. The number of halogens is 2. The van der Waals surface area contributed by atoms with E-state index >= 15 is 0 Å². The van der Waals surface area contributed by atoms with Crippen LogP contribution in [0.1, 0.15) is 27.9 Å². The zero-order chi connectivity index (χ0) is 20.0. The number of ether oxygens (including phenoxy) is 1. The minimum absolute atomic E-state index is 0.0373. The topological polar surface area (TPSA) is 26.3 Å². The summed E-state index contributed by atoms with van der Waals surface area (Å²) in [5, 5.41) is 1.78. The Morgan fingerprint density at radius 1 is 0.724 bits per heavy atom. The summed E-state index contributed by atoms with van der Waals surface area (Å²) in [5.74, 6) is -0.342. The first kappa shape index (κ1) is 17.6. The Morgan fingerprint density at radius 2 is 1.31 bits per heavy atom. The van der Waals surface area contributed by atoms with Crippen LogP contribution in [0.4, 0.5) is 8.78 Å². The summed E-state index contributed by atoms with van der Waals surface area (Å²) in [7, 11) is 0. The molecule has 4 heteroatoms. The first-order chi connectivity index (χ1) is 14.1. The fourth-order valence-electron chi connectivity index (χ4n) is 4.03. The quantitative estimate of drug-likeness (QED) is 0.421. The minimum Gasteiger partial charge on any atom is -0.476 e. The van der Waals surface area contributed by atoms with Crippen LogP contribution in [0.3, 0.4) is 0 Å². The second-order valence-corrected chi connectivity index (χ2v) is 7.21. The normalized spacial score (nSPS) is 15.0. The minimum atomic E-state index is -1.17. The molecule has 0 atom stereocenters. The zero-order valence-corrected chi connectivity index (χ0v) is 15.4. The molecule has 0 amide bonds. The molecule has 142 valence electrons. The molecule has 0 radical (unpaired) electrons. The highest BCUT2D eigenvalue weighted by molar-refractivity contribution is 6.06. The number of hydrogen-bond donors (Lipinski definition) is 0. The first-order valence-electron chi connectivity index (χ1n) is 9.33. The second kappa shape index (κ2) is 6.52. The number of carbonyl (C=O) groups is 1. The van der Waals surface area contributed by atoms with Gasteiger partial charge in [-0.05, 0) is 35.7 Å². The summed E-state index contributed by atoms with van der Waals surface area (Å²) in [6.07, 6.45) is 0.0373. The third-order valence-corrected chi connectivity index (χ3v) is 5.49. The van der Waals surface area contributed by atoms with Crippen LogP contribution in [0.25, 0.3) is 10.8 Å². The molecule has 0 aromatic heterocycles. The molecule has 2 nitrogen and oxygen atoms in total. The molecule has 1 heterocycles. The van der Waals surface area contributed by atoms with E-state index in [0.717, 1.165) is 10.8 Å². The van der Waals surface area contributed by atoms with Crippen LogP contribution in [0.5, 0.6) is 5.75 Å². The average molecular weight is 386 g/mol. The van der Waals surface area contributed by atoms with E-state index < -0.39 is 5.60 Å². The van der Waals surface area contributed by atoms with Gasteiger partial charge < -0.3 is 4.74 Å². The molecule has 0 aliphatic carbocycles. The molecule has 0 spiro atoms. The van der Waals surface area contributed by atoms with Crippen molar-refractivity contribution in [1.29, 1.82) is 0 Å². The van der Waals surface area contributed by atoms with Crippen LogP contribution >= 0.6 is 0 Å². The zero-order valence-electron chi connectivity index (χ0n) is 15.4. The highest BCUT2D eigenvalue weighted by Crippen LogP contribution is 2.46. The lowest BCUT2D eigenvalue weighted by Gasteiger charge is -2.39. The number of rotatable bonds is 2. The smallest absolute Gasteiger partial charge is 0.171 e. The van der Waals surface area contributed by atoms with Crippen molar-refractivity contribution in [3.63, 3.8) is 0 Å². The summed E-state index contributed by atoms with van der Waals surface area (Å²) in [6, 6.07) is 23.2. The summed E-state index contributed by atoms with van der Waals surface area (Å²) >= 11 is 0. The van der Waals surface area contributed by atoms with Gasteiger partial charge in [-0.1, -0.05) is 54.6 Å². The summed E-state index contributed by atoms with van der Waals surface area (Å²) in [5.41, 5.74) is 0.619. The monoisotopic (exact) mass is 386 g/mol. The second-order valence-electron chi connectivity index (χ2n) is 7.21. The van der Waals surface area contributed by atoms with Crippen molar-refractivity contribution in [3.8, 4) is 5.75 Å². The molecule has 1 aliphatic heterocycles. The molecule has 0 saturated heterocycles. The van der Waals surface area contributed by atoms with Crippen molar-refractivity contribution in [2.45, 2.75) is 12.0 Å². The van der Waals surface area contributed by atoms with E-state index in [1.807, 2.05) is 30.3 Å². The van der Waals surface area contributed by atoms with Crippen molar-refractivity contribution in [3.05, 3.63) is 113 Å². The SMILES string of the molecule is O=C1CC(c2ccc(F)cc2)(c2ccc(F)cc2)Oc2c1ccc1ccccc21. The maximum atomic E-state index is 13.6. The van der Waals surface area contributed by atoms with Crippen molar-refractivity contribution in [2.24, 2.45) is 0 Å². The van der Waals surface area contributed by atoms with Gasteiger partial charge in [0.1, 0.15) is 17.4 Å². The Balaban J connectivity index is 1.78. The molecule has 0 N–H and O–H groups in total. The van der Waals surface area contributed by atoms with E-state index in [9.17, 15) is 13.6 Å². The number of ketones is 1. The Labute approximate surface area is 166 Å². The van der Waals surface area contributed by atoms with Crippen LogP contribution in [-0.2, 0) is 5.60 Å². The largest absolute Gasteiger partial charge is 0.476 e. The molecule has 29 heavy (non-hydrogen) atoms. The first-order valence-corrected chi connectivity index (χ1v) is 9.33. The van der Waals surface area contributed by atoms with Gasteiger partial charge in [-0.15, -0.1) is 0 Å². The van der Waals surface area contributed by atoms with Crippen LogP contribution in [0.15, 0.2) is 84.9 Å². The number of fused-ring (bicyclic) bond motifs is 3. The molecular weight excluding hydrogens is 370 g/mol. The van der Waals surface area contributed by atoms with Crippen LogP contribution in [0.2, 0.25) is 0 Å². The van der Waals surface area contributed by atoms with Gasteiger partial charge in [-0.25, -0.2) is 8.78 Å². The summed E-state index contributed by atoms with van der Waals surface area (Å²) < 4.78 is 33.8. The van der Waals surface area contributed by atoms with Gasteiger partial charge in [0.2, 0.25) is 0 Å². The maximum absolute atomic E-state index is 13.6. The molecule has 0 fully saturated rings. The predicted molar refractivity (Wildman–Crippen MR) is 107 cm³/mol. The fourth-order valence-corrected chi connectivity index (χ4v) is 4.03. The van der Waals surface area contributed by atoms with Gasteiger partial charge in [0, 0.05) is 16.5 Å². The number of hydrogen-bond acceptors (Lipinski definition) is 2. The van der Waals surface area contributed by atoms with Crippen molar-refractivity contribution >= 4 is 16.6 Å². The highest BCUT2D eigenvalue weighted by atomic mass is 19.1. The number of Topliss-reactive ketones (excluding diaryl/α,β-unsaturated/α-hetero) is 1. The van der Waals surface area contributed by atoms with Crippen molar-refractivity contribution in [1.82, 2.24) is 0 Å². The Kier molecular flexibility index (Phi) is 3.95. The van der Waals surface area contributed by atoms with E-state index in [1.165, 1.54) is 24.3 Å². The number of carbonyl (C=O) groups excluding carboxylic acids is 1. The van der Waals surface area contributed by atoms with E-state index in [0.29, 0.717) is 22.4 Å². The average Bonchev–Trinajstić information content (AvgIpc) is 2.74. The van der Waals surface area contributed by atoms with Gasteiger partial charge in [0.25, 0.3) is 0 Å². The van der Waals surface area contributed by atoms with Gasteiger partial charge in [0.05, 0.1) is 12.0 Å². The van der Waals surface area contributed by atoms with E-state index in [4.69, 9.17) is 4.74 Å². The molecular formula is C25H16F2O2. The molecule has 0 unspecified atom stereocenters. The lowest BCUT2D eigenvalue weighted by atomic mass is 9.78. The Morgan fingerprint density at radius 3 is 1.93 bits per heavy atom.